The van der Waals surface area contributed by atoms with E-state index in [4.69, 9.17) is 0 Å². The lowest BCUT2D eigenvalue weighted by molar-refractivity contribution is -0.131. The third-order valence-electron chi connectivity index (χ3n) is 4.49. The van der Waals surface area contributed by atoms with E-state index in [2.05, 4.69) is 14.6 Å². The first-order valence-electron chi connectivity index (χ1n) is 7.46. The Morgan fingerprint density at radius 1 is 1.35 bits per heavy atom. The fourth-order valence-electron chi connectivity index (χ4n) is 3.38. The smallest absolute Gasteiger partial charge is 0.275 e. The minimum absolute atomic E-state index is 0.0952. The lowest BCUT2D eigenvalue weighted by Gasteiger charge is -2.21. The Hall–Kier alpha value is -2.35. The van der Waals surface area contributed by atoms with E-state index in [0.29, 0.717) is 31.9 Å². The van der Waals surface area contributed by atoms with Gasteiger partial charge in [0.2, 0.25) is 5.91 Å². The van der Waals surface area contributed by atoms with Crippen LogP contribution in [0.1, 0.15) is 16.1 Å². The Labute approximate surface area is 137 Å². The molecule has 2 atom stereocenters. The van der Waals surface area contributed by atoms with Gasteiger partial charge in [0.15, 0.2) is 5.69 Å². The summed E-state index contributed by atoms with van der Waals surface area (Å²) in [6, 6.07) is 3.85. The van der Waals surface area contributed by atoms with Crippen molar-refractivity contribution in [2.75, 3.05) is 19.6 Å². The summed E-state index contributed by atoms with van der Waals surface area (Å²) >= 11 is 1.16. The van der Waals surface area contributed by atoms with Crippen LogP contribution in [0.15, 0.2) is 29.9 Å². The van der Waals surface area contributed by atoms with Crippen LogP contribution in [0.25, 0.3) is 0 Å². The fourth-order valence-corrected chi connectivity index (χ4v) is 3.81. The number of carbonyl (C=O) groups is 2. The third-order valence-corrected chi connectivity index (χ3v) is 4.99. The second-order valence-electron chi connectivity index (χ2n) is 5.95. The SMILES string of the molecule is O=C(c1csnn1)N1C[C@H]2CN(Cc3cccnc3)C(=O)[C@H]2C1. The van der Waals surface area contributed by atoms with E-state index in [-0.39, 0.29) is 23.7 Å². The molecule has 0 spiro atoms. The summed E-state index contributed by atoms with van der Waals surface area (Å²) in [7, 11) is 0. The Morgan fingerprint density at radius 3 is 2.96 bits per heavy atom. The zero-order chi connectivity index (χ0) is 15.8. The van der Waals surface area contributed by atoms with Gasteiger partial charge in [-0.15, -0.1) is 5.10 Å². The predicted molar refractivity (Wildman–Crippen MR) is 82.4 cm³/mol. The highest BCUT2D eigenvalue weighted by Gasteiger charge is 2.47. The largest absolute Gasteiger partial charge is 0.338 e. The minimum Gasteiger partial charge on any atom is -0.338 e. The van der Waals surface area contributed by atoms with Gasteiger partial charge in [-0.2, -0.15) is 0 Å². The van der Waals surface area contributed by atoms with E-state index in [1.807, 2.05) is 17.0 Å². The summed E-state index contributed by atoms with van der Waals surface area (Å²) in [6.07, 6.45) is 3.51. The van der Waals surface area contributed by atoms with Gasteiger partial charge in [-0.25, -0.2) is 0 Å². The van der Waals surface area contributed by atoms with E-state index in [1.54, 1.807) is 22.7 Å². The second kappa shape index (κ2) is 5.69. The molecule has 2 amide bonds. The third kappa shape index (κ3) is 2.59. The predicted octanol–water partition coefficient (Wildman–Crippen LogP) is 0.664. The van der Waals surface area contributed by atoms with Crippen molar-refractivity contribution in [3.8, 4) is 0 Å². The fraction of sp³-hybridized carbons (Fsp3) is 0.400. The number of carbonyl (C=O) groups excluding carboxylic acids is 2. The van der Waals surface area contributed by atoms with Gasteiger partial charge >= 0.3 is 0 Å². The molecule has 2 aliphatic rings. The van der Waals surface area contributed by atoms with Crippen LogP contribution < -0.4 is 0 Å². The lowest BCUT2D eigenvalue weighted by atomic mass is 10.0. The molecular weight excluding hydrogens is 314 g/mol. The summed E-state index contributed by atoms with van der Waals surface area (Å²) in [5.74, 6) is 0.113. The minimum atomic E-state index is -0.125. The first-order chi connectivity index (χ1) is 11.2. The van der Waals surface area contributed by atoms with E-state index in [9.17, 15) is 9.59 Å². The standard InChI is InChI=1S/C15H15N5O2S/c21-14-12-8-20(15(22)13-9-23-18-17-13)7-11(12)6-19(14)5-10-2-1-3-16-4-10/h1-4,9,11-12H,5-8H2/t11-,12+/m1/s1. The summed E-state index contributed by atoms with van der Waals surface area (Å²) in [6.45, 7) is 2.36. The molecule has 2 fully saturated rings. The topological polar surface area (TPSA) is 79.3 Å². The number of nitrogens with zero attached hydrogens (tertiary/aromatic N) is 5. The number of amides is 2. The van der Waals surface area contributed by atoms with Crippen molar-refractivity contribution in [2.24, 2.45) is 11.8 Å². The van der Waals surface area contributed by atoms with Crippen molar-refractivity contribution in [3.05, 3.63) is 41.2 Å². The maximum Gasteiger partial charge on any atom is 0.275 e. The quantitative estimate of drug-likeness (QED) is 0.827. The van der Waals surface area contributed by atoms with Gasteiger partial charge in [-0.3, -0.25) is 14.6 Å². The summed E-state index contributed by atoms with van der Waals surface area (Å²) in [5, 5.41) is 5.47. The molecule has 4 rings (SSSR count). The van der Waals surface area contributed by atoms with Crippen molar-refractivity contribution in [1.29, 1.82) is 0 Å². The Kier molecular flexibility index (Phi) is 3.53. The van der Waals surface area contributed by atoms with E-state index >= 15 is 0 Å². The van der Waals surface area contributed by atoms with Crippen LogP contribution in [0, 0.1) is 11.8 Å². The van der Waals surface area contributed by atoms with Crippen LogP contribution >= 0.6 is 11.5 Å². The Morgan fingerprint density at radius 2 is 2.26 bits per heavy atom. The van der Waals surface area contributed by atoms with Gasteiger partial charge in [-0.05, 0) is 23.2 Å². The van der Waals surface area contributed by atoms with Crippen LogP contribution in [0.5, 0.6) is 0 Å². The molecule has 2 saturated heterocycles. The molecule has 0 bridgehead atoms. The van der Waals surface area contributed by atoms with Crippen LogP contribution in [0.4, 0.5) is 0 Å². The first-order valence-corrected chi connectivity index (χ1v) is 8.30. The number of rotatable bonds is 3. The molecule has 4 heterocycles. The summed E-state index contributed by atoms with van der Waals surface area (Å²) in [5.41, 5.74) is 1.40. The van der Waals surface area contributed by atoms with Gasteiger partial charge in [-0.1, -0.05) is 10.6 Å². The molecule has 0 N–H and O–H groups in total. The average Bonchev–Trinajstić information content (AvgIpc) is 3.28. The second-order valence-corrected chi connectivity index (χ2v) is 6.56. The zero-order valence-corrected chi connectivity index (χ0v) is 13.1. The molecule has 0 aromatic carbocycles. The maximum absolute atomic E-state index is 12.6. The van der Waals surface area contributed by atoms with Gasteiger partial charge in [0.25, 0.3) is 5.91 Å². The van der Waals surface area contributed by atoms with Gasteiger partial charge in [0.1, 0.15) is 0 Å². The molecule has 0 radical (unpaired) electrons. The van der Waals surface area contributed by atoms with Crippen LogP contribution in [0.2, 0.25) is 0 Å². The van der Waals surface area contributed by atoms with E-state index in [1.165, 1.54) is 0 Å². The van der Waals surface area contributed by atoms with Gasteiger partial charge in [0.05, 0.1) is 5.92 Å². The molecule has 23 heavy (non-hydrogen) atoms. The number of hydrogen-bond acceptors (Lipinski definition) is 6. The van der Waals surface area contributed by atoms with Crippen molar-refractivity contribution >= 4 is 23.3 Å². The van der Waals surface area contributed by atoms with Gasteiger partial charge in [0, 0.05) is 49.9 Å². The molecular formula is C15H15N5O2S. The number of fused-ring (bicyclic) bond motifs is 1. The average molecular weight is 329 g/mol. The molecule has 2 aliphatic heterocycles. The molecule has 0 saturated carbocycles. The normalized spacial score (nSPS) is 23.4. The number of hydrogen-bond donors (Lipinski definition) is 0. The lowest BCUT2D eigenvalue weighted by Crippen LogP contribution is -2.35. The highest BCUT2D eigenvalue weighted by molar-refractivity contribution is 7.03. The van der Waals surface area contributed by atoms with Crippen molar-refractivity contribution in [1.82, 2.24) is 24.4 Å². The molecule has 118 valence electrons. The monoisotopic (exact) mass is 329 g/mol. The molecule has 0 aliphatic carbocycles. The van der Waals surface area contributed by atoms with E-state index < -0.39 is 0 Å². The van der Waals surface area contributed by atoms with Crippen LogP contribution in [-0.4, -0.2) is 55.8 Å². The van der Waals surface area contributed by atoms with Crippen molar-refractivity contribution < 1.29 is 9.59 Å². The summed E-state index contributed by atoms with van der Waals surface area (Å²) < 4.78 is 3.72. The van der Waals surface area contributed by atoms with Crippen molar-refractivity contribution in [3.63, 3.8) is 0 Å². The van der Waals surface area contributed by atoms with Gasteiger partial charge < -0.3 is 9.80 Å². The molecule has 2 aromatic heterocycles. The Bertz CT molecular complexity index is 721. The molecule has 2 aromatic rings. The number of pyridine rings is 1. The molecule has 8 heteroatoms. The van der Waals surface area contributed by atoms with E-state index in [0.717, 1.165) is 17.1 Å². The van der Waals surface area contributed by atoms with Crippen LogP contribution in [0.3, 0.4) is 0 Å². The Balaban J connectivity index is 1.42. The molecule has 0 unspecified atom stereocenters. The van der Waals surface area contributed by atoms with Crippen LogP contribution in [-0.2, 0) is 11.3 Å². The summed E-state index contributed by atoms with van der Waals surface area (Å²) in [4.78, 5) is 32.6. The maximum atomic E-state index is 12.6. The number of aromatic nitrogens is 3. The van der Waals surface area contributed by atoms with Crippen molar-refractivity contribution in [2.45, 2.75) is 6.54 Å². The highest BCUT2D eigenvalue weighted by Crippen LogP contribution is 2.33. The molecule has 7 nitrogen and oxygen atoms in total. The highest BCUT2D eigenvalue weighted by atomic mass is 32.1. The number of likely N-dealkylation sites (tertiary alicyclic amines) is 2. The first kappa shape index (κ1) is 14.3. The zero-order valence-electron chi connectivity index (χ0n) is 12.3.